The molecule has 144 valence electrons. The second-order valence-electron chi connectivity index (χ2n) is 7.88. The number of imidazole rings is 1. The Kier molecular flexibility index (Phi) is 5.60. The molecule has 3 aromatic rings. The number of nitrogens with two attached hydrogens (primary N) is 1. The van der Waals surface area contributed by atoms with Gasteiger partial charge in [0.25, 0.3) is 0 Å². The number of aryl methyl sites for hydroxylation is 1. The molecule has 2 aromatic heterocycles. The van der Waals surface area contributed by atoms with Gasteiger partial charge in [-0.25, -0.2) is 9.97 Å². The van der Waals surface area contributed by atoms with Crippen LogP contribution in [0.2, 0.25) is 0 Å². The predicted molar refractivity (Wildman–Crippen MR) is 110 cm³/mol. The van der Waals surface area contributed by atoms with Gasteiger partial charge in [-0.2, -0.15) is 4.98 Å². The minimum absolute atomic E-state index is 0.143. The first-order valence-electron chi connectivity index (χ1n) is 9.19. The van der Waals surface area contributed by atoms with Crippen molar-refractivity contribution in [1.82, 2.24) is 19.5 Å². The van der Waals surface area contributed by atoms with Crippen molar-refractivity contribution in [2.24, 2.45) is 5.41 Å². The maximum Gasteiger partial charge on any atom is 0.224 e. The molecule has 3 rings (SSSR count). The van der Waals surface area contributed by atoms with Gasteiger partial charge in [-0.05, 0) is 24.0 Å². The summed E-state index contributed by atoms with van der Waals surface area (Å²) in [6, 6.07) is 7.75. The zero-order valence-corrected chi connectivity index (χ0v) is 16.5. The van der Waals surface area contributed by atoms with Gasteiger partial charge in [0, 0.05) is 38.1 Å². The van der Waals surface area contributed by atoms with Crippen molar-refractivity contribution in [3.63, 3.8) is 0 Å². The SMILES string of the molecule is COCCCn1c(-c2cccc(N)c2)nc2cnc(NCC(C)(C)C)nc21. The first-order valence-corrected chi connectivity index (χ1v) is 9.19. The summed E-state index contributed by atoms with van der Waals surface area (Å²) in [5.74, 6) is 1.46. The molecule has 7 heteroatoms. The third kappa shape index (κ3) is 4.74. The number of methoxy groups -OCH3 is 1. The molecule has 0 spiro atoms. The molecule has 0 fully saturated rings. The average molecular weight is 368 g/mol. The van der Waals surface area contributed by atoms with Crippen LogP contribution in [0, 0.1) is 5.41 Å². The lowest BCUT2D eigenvalue weighted by Gasteiger charge is -2.18. The number of hydrogen-bond acceptors (Lipinski definition) is 6. The predicted octanol–water partition coefficient (Wildman–Crippen LogP) is 3.57. The van der Waals surface area contributed by atoms with Crippen LogP contribution in [0.5, 0.6) is 0 Å². The fraction of sp³-hybridized carbons (Fsp3) is 0.450. The number of anilines is 2. The fourth-order valence-electron chi connectivity index (χ4n) is 2.83. The van der Waals surface area contributed by atoms with Gasteiger partial charge >= 0.3 is 0 Å². The molecule has 0 saturated heterocycles. The zero-order valence-electron chi connectivity index (χ0n) is 16.5. The molecule has 27 heavy (non-hydrogen) atoms. The quantitative estimate of drug-likeness (QED) is 0.489. The number of ether oxygens (including phenoxy) is 1. The highest BCUT2D eigenvalue weighted by Gasteiger charge is 2.16. The van der Waals surface area contributed by atoms with Crippen LogP contribution < -0.4 is 11.1 Å². The number of nitrogens with one attached hydrogen (secondary N) is 1. The van der Waals surface area contributed by atoms with E-state index in [1.54, 1.807) is 13.3 Å². The summed E-state index contributed by atoms with van der Waals surface area (Å²) in [4.78, 5) is 13.9. The Morgan fingerprint density at radius 2 is 2.04 bits per heavy atom. The lowest BCUT2D eigenvalue weighted by atomic mass is 9.97. The van der Waals surface area contributed by atoms with Gasteiger partial charge in [0.15, 0.2) is 5.65 Å². The van der Waals surface area contributed by atoms with Crippen molar-refractivity contribution >= 4 is 22.8 Å². The fourth-order valence-corrected chi connectivity index (χ4v) is 2.83. The number of fused-ring (bicyclic) bond motifs is 1. The molecule has 3 N–H and O–H groups in total. The summed E-state index contributed by atoms with van der Waals surface area (Å²) in [7, 11) is 1.71. The van der Waals surface area contributed by atoms with E-state index in [2.05, 4.69) is 35.6 Å². The molecule has 0 amide bonds. The lowest BCUT2D eigenvalue weighted by Crippen LogP contribution is -2.20. The van der Waals surface area contributed by atoms with Crippen LogP contribution in [0.25, 0.3) is 22.6 Å². The molecule has 0 saturated carbocycles. The summed E-state index contributed by atoms with van der Waals surface area (Å²) in [6.07, 6.45) is 2.64. The second kappa shape index (κ2) is 7.92. The van der Waals surface area contributed by atoms with Crippen molar-refractivity contribution in [2.75, 3.05) is 31.3 Å². The highest BCUT2D eigenvalue weighted by atomic mass is 16.5. The molecule has 0 unspecified atom stereocenters. The van der Waals surface area contributed by atoms with Crippen LogP contribution in [-0.4, -0.2) is 39.8 Å². The van der Waals surface area contributed by atoms with E-state index in [1.165, 1.54) is 0 Å². The number of hydrogen-bond donors (Lipinski definition) is 2. The molecule has 0 aliphatic heterocycles. The number of nitrogen functional groups attached to an aromatic ring is 1. The summed E-state index contributed by atoms with van der Waals surface area (Å²) < 4.78 is 7.34. The maximum atomic E-state index is 5.97. The summed E-state index contributed by atoms with van der Waals surface area (Å²) in [5.41, 5.74) is 9.38. The molecule has 7 nitrogen and oxygen atoms in total. The van der Waals surface area contributed by atoms with Gasteiger partial charge < -0.3 is 20.4 Å². The van der Waals surface area contributed by atoms with E-state index in [9.17, 15) is 0 Å². The molecule has 0 atom stereocenters. The van der Waals surface area contributed by atoms with Crippen molar-refractivity contribution in [1.29, 1.82) is 0 Å². The summed E-state index contributed by atoms with van der Waals surface area (Å²) >= 11 is 0. The first-order chi connectivity index (χ1) is 12.9. The van der Waals surface area contributed by atoms with E-state index in [-0.39, 0.29) is 5.41 Å². The lowest BCUT2D eigenvalue weighted by molar-refractivity contribution is 0.191. The van der Waals surface area contributed by atoms with Crippen LogP contribution >= 0.6 is 0 Å². The minimum atomic E-state index is 0.143. The first kappa shape index (κ1) is 19.1. The third-order valence-corrected chi connectivity index (χ3v) is 4.14. The molecule has 0 aliphatic carbocycles. The van der Waals surface area contributed by atoms with Gasteiger partial charge in [-0.3, -0.25) is 0 Å². The largest absolute Gasteiger partial charge is 0.399 e. The van der Waals surface area contributed by atoms with Crippen molar-refractivity contribution < 1.29 is 4.74 Å². The van der Waals surface area contributed by atoms with Crippen molar-refractivity contribution in [2.45, 2.75) is 33.7 Å². The molecule has 0 radical (unpaired) electrons. The number of rotatable bonds is 7. The number of aromatic nitrogens is 4. The molecular formula is C20H28N6O. The van der Waals surface area contributed by atoms with Crippen LogP contribution in [0.4, 0.5) is 11.6 Å². The van der Waals surface area contributed by atoms with E-state index in [0.717, 1.165) is 42.1 Å². The van der Waals surface area contributed by atoms with Crippen molar-refractivity contribution in [3.8, 4) is 11.4 Å². The second-order valence-corrected chi connectivity index (χ2v) is 7.88. The zero-order chi connectivity index (χ0) is 19.4. The molecule has 0 bridgehead atoms. The van der Waals surface area contributed by atoms with E-state index in [4.69, 9.17) is 20.4 Å². The smallest absolute Gasteiger partial charge is 0.224 e. The molecule has 0 aliphatic rings. The standard InChI is InChI=1S/C20H28N6O/c1-20(2,3)13-23-19-22-12-16-18(25-19)26(9-6-10-27-4)17(24-16)14-7-5-8-15(21)11-14/h5,7-8,11-12H,6,9-10,13,21H2,1-4H3,(H,22,23,25). The van der Waals surface area contributed by atoms with E-state index >= 15 is 0 Å². The van der Waals surface area contributed by atoms with Gasteiger partial charge in [-0.15, -0.1) is 0 Å². The Labute approximate surface area is 160 Å². The summed E-state index contributed by atoms with van der Waals surface area (Å²) in [6.45, 7) is 8.74. The Morgan fingerprint density at radius 1 is 1.22 bits per heavy atom. The highest BCUT2D eigenvalue weighted by molar-refractivity contribution is 5.78. The number of nitrogens with zero attached hydrogens (tertiary/aromatic N) is 4. The molecule has 1 aromatic carbocycles. The Bertz CT molecular complexity index is 912. The van der Waals surface area contributed by atoms with Gasteiger partial charge in [-0.1, -0.05) is 32.9 Å². The minimum Gasteiger partial charge on any atom is -0.399 e. The topological polar surface area (TPSA) is 90.9 Å². The van der Waals surface area contributed by atoms with E-state index in [0.29, 0.717) is 18.2 Å². The van der Waals surface area contributed by atoms with Crippen molar-refractivity contribution in [3.05, 3.63) is 30.5 Å². The Balaban J connectivity index is 2.02. The Morgan fingerprint density at radius 3 is 2.74 bits per heavy atom. The maximum absolute atomic E-state index is 5.97. The van der Waals surface area contributed by atoms with Crippen LogP contribution in [0.15, 0.2) is 30.5 Å². The van der Waals surface area contributed by atoms with Gasteiger partial charge in [0.05, 0.1) is 6.20 Å². The molecule has 2 heterocycles. The normalized spacial score (nSPS) is 11.9. The van der Waals surface area contributed by atoms with Gasteiger partial charge in [0.1, 0.15) is 11.3 Å². The van der Waals surface area contributed by atoms with Crippen LogP contribution in [0.3, 0.4) is 0 Å². The average Bonchev–Trinajstić information content (AvgIpc) is 2.98. The summed E-state index contributed by atoms with van der Waals surface area (Å²) in [5, 5.41) is 3.32. The van der Waals surface area contributed by atoms with Gasteiger partial charge in [0.2, 0.25) is 5.95 Å². The Hall–Kier alpha value is -2.67. The molecular weight excluding hydrogens is 340 g/mol. The number of benzene rings is 1. The third-order valence-electron chi connectivity index (χ3n) is 4.14. The van der Waals surface area contributed by atoms with Crippen LogP contribution in [-0.2, 0) is 11.3 Å². The van der Waals surface area contributed by atoms with E-state index < -0.39 is 0 Å². The highest BCUT2D eigenvalue weighted by Crippen LogP contribution is 2.26. The van der Waals surface area contributed by atoms with Crippen LogP contribution in [0.1, 0.15) is 27.2 Å². The monoisotopic (exact) mass is 368 g/mol. The van der Waals surface area contributed by atoms with E-state index in [1.807, 2.05) is 24.3 Å².